The number of rotatable bonds is 11. The van der Waals surface area contributed by atoms with Crippen molar-refractivity contribution in [1.29, 1.82) is 0 Å². The summed E-state index contributed by atoms with van der Waals surface area (Å²) in [5, 5.41) is 6.52. The highest BCUT2D eigenvalue weighted by molar-refractivity contribution is 8.01. The molecule has 1 saturated heterocycles. The van der Waals surface area contributed by atoms with Crippen LogP contribution in [0.3, 0.4) is 0 Å². The van der Waals surface area contributed by atoms with Crippen molar-refractivity contribution in [3.8, 4) is 0 Å². The lowest BCUT2D eigenvalue weighted by atomic mass is 10.0. The van der Waals surface area contributed by atoms with Crippen LogP contribution in [-0.2, 0) is 19.2 Å². The number of fused-ring (bicyclic) bond motifs is 1. The molecule has 0 aromatic carbocycles. The van der Waals surface area contributed by atoms with Crippen molar-refractivity contribution in [1.82, 2.24) is 15.2 Å². The Morgan fingerprint density at radius 3 is 2.82 bits per heavy atom. The van der Waals surface area contributed by atoms with E-state index in [0.717, 1.165) is 30.6 Å². The summed E-state index contributed by atoms with van der Waals surface area (Å²) in [6, 6.07) is -0.868. The van der Waals surface area contributed by atoms with Gasteiger partial charge in [-0.1, -0.05) is 36.5 Å². The van der Waals surface area contributed by atoms with Gasteiger partial charge in [0.15, 0.2) is 11.5 Å². The third-order valence-corrected chi connectivity index (χ3v) is 8.00. The molecule has 33 heavy (non-hydrogen) atoms. The normalized spacial score (nSPS) is 20.5. The number of hydrogen-bond acceptors (Lipinski definition) is 9. The second-order valence-electron chi connectivity index (χ2n) is 7.35. The number of aromatic nitrogens is 1. The third kappa shape index (κ3) is 5.72. The van der Waals surface area contributed by atoms with Crippen molar-refractivity contribution in [2.75, 3.05) is 19.0 Å². The van der Waals surface area contributed by atoms with Crippen LogP contribution in [0.5, 0.6) is 0 Å². The standard InChI is InChI=1S/C20H24ClFN4O4S3/c1-3-4-5-6-11(27)16-12(31)9-32-20-15(19(29)26(16)20)24-18(28)14(25-30-8-7-22)13-17(21)33-10(2)23-13/h15,20,31H,3-9H2,1-2H3,(H,24,28)/b25-14-/t15-,20-/m1/s1. The molecule has 1 fully saturated rings. The number of allylic oxidation sites excluding steroid dienone is 1. The SMILES string of the molecule is CCCCCC(=O)C1=C(S)CS[C@@H]2[C@H](NC(=O)/C(=N\OCCF)c3nc(C)sc3Cl)C(=O)N12. The first-order chi connectivity index (χ1) is 15.8. The van der Waals surface area contributed by atoms with Gasteiger partial charge in [0.05, 0.1) is 10.7 Å². The summed E-state index contributed by atoms with van der Waals surface area (Å²) < 4.78 is 12.7. The first kappa shape index (κ1) is 26.0. The second kappa shape index (κ2) is 11.7. The number of ketones is 1. The minimum absolute atomic E-state index is 0.0970. The number of nitrogens with zero attached hydrogens (tertiary/aromatic N) is 3. The average molecular weight is 535 g/mol. The van der Waals surface area contributed by atoms with Crippen LogP contribution in [0.4, 0.5) is 4.39 Å². The molecule has 1 aromatic heterocycles. The van der Waals surface area contributed by atoms with E-state index < -0.39 is 29.9 Å². The van der Waals surface area contributed by atoms with Crippen molar-refractivity contribution in [3.63, 3.8) is 0 Å². The van der Waals surface area contributed by atoms with Gasteiger partial charge < -0.3 is 10.2 Å². The first-order valence-corrected chi connectivity index (χ1v) is 13.1. The summed E-state index contributed by atoms with van der Waals surface area (Å²) >= 11 is 13.2. The Kier molecular flexibility index (Phi) is 9.19. The van der Waals surface area contributed by atoms with Crippen LogP contribution in [0.1, 0.15) is 43.3 Å². The Bertz CT molecular complexity index is 1000. The van der Waals surface area contributed by atoms with E-state index in [-0.39, 0.29) is 28.1 Å². The van der Waals surface area contributed by atoms with Gasteiger partial charge in [0.1, 0.15) is 34.7 Å². The predicted octanol–water partition coefficient (Wildman–Crippen LogP) is 3.49. The number of halogens is 2. The molecule has 3 rings (SSSR count). The van der Waals surface area contributed by atoms with E-state index >= 15 is 0 Å². The number of hydrogen-bond donors (Lipinski definition) is 2. The molecule has 180 valence electrons. The summed E-state index contributed by atoms with van der Waals surface area (Å²) in [6.07, 6.45) is 3.00. The van der Waals surface area contributed by atoms with Crippen molar-refractivity contribution in [2.24, 2.45) is 5.16 Å². The Balaban J connectivity index is 1.75. The molecule has 2 aliphatic rings. The van der Waals surface area contributed by atoms with E-state index in [9.17, 15) is 18.8 Å². The number of nitrogens with one attached hydrogen (secondary N) is 1. The van der Waals surface area contributed by atoms with Gasteiger partial charge in [-0.15, -0.1) is 35.7 Å². The monoisotopic (exact) mass is 534 g/mol. The van der Waals surface area contributed by atoms with Crippen molar-refractivity contribution < 1.29 is 23.6 Å². The van der Waals surface area contributed by atoms with Gasteiger partial charge in [-0.25, -0.2) is 9.37 Å². The van der Waals surface area contributed by atoms with Crippen LogP contribution in [0.2, 0.25) is 4.34 Å². The molecule has 3 heterocycles. The van der Waals surface area contributed by atoms with E-state index in [4.69, 9.17) is 16.4 Å². The fourth-order valence-electron chi connectivity index (χ4n) is 3.42. The molecule has 2 amide bonds. The highest BCUT2D eigenvalue weighted by Crippen LogP contribution is 2.42. The quantitative estimate of drug-likeness (QED) is 0.148. The van der Waals surface area contributed by atoms with Crippen LogP contribution in [0.25, 0.3) is 0 Å². The third-order valence-electron chi connectivity index (χ3n) is 4.96. The lowest BCUT2D eigenvalue weighted by molar-refractivity contribution is -0.146. The van der Waals surface area contributed by atoms with Crippen molar-refractivity contribution in [3.05, 3.63) is 25.6 Å². The molecule has 0 aliphatic carbocycles. The predicted molar refractivity (Wildman–Crippen MR) is 131 cm³/mol. The number of unbranched alkanes of at least 4 members (excludes halogenated alkanes) is 2. The first-order valence-electron chi connectivity index (χ1n) is 10.4. The lowest BCUT2D eigenvalue weighted by Gasteiger charge is -2.49. The number of aryl methyl sites for hydroxylation is 1. The average Bonchev–Trinajstić information content (AvgIpc) is 3.12. The Morgan fingerprint density at radius 1 is 1.42 bits per heavy atom. The van der Waals surface area contributed by atoms with Gasteiger partial charge >= 0.3 is 0 Å². The maximum absolute atomic E-state index is 13.0. The van der Waals surface area contributed by atoms with Crippen LogP contribution in [-0.4, -0.2) is 63.6 Å². The smallest absolute Gasteiger partial charge is 0.276 e. The molecular formula is C20H24ClFN4O4S3. The van der Waals surface area contributed by atoms with Gasteiger partial charge in [0, 0.05) is 17.1 Å². The molecule has 2 aliphatic heterocycles. The zero-order valence-corrected chi connectivity index (χ0v) is 21.4. The molecule has 0 saturated carbocycles. The largest absolute Gasteiger partial charge is 0.392 e. The molecule has 1 N–H and O–H groups in total. The van der Waals surface area contributed by atoms with E-state index in [2.05, 4.69) is 28.1 Å². The maximum atomic E-state index is 13.0. The van der Waals surface area contributed by atoms with E-state index in [0.29, 0.717) is 27.8 Å². The molecular weight excluding hydrogens is 511 g/mol. The maximum Gasteiger partial charge on any atom is 0.276 e. The highest BCUT2D eigenvalue weighted by Gasteiger charge is 2.53. The number of Topliss-reactive ketones (excluding diaryl/α,β-unsaturated/α-hetero) is 1. The molecule has 0 radical (unpaired) electrons. The molecule has 1 aromatic rings. The number of thiol groups is 1. The van der Waals surface area contributed by atoms with E-state index in [1.165, 1.54) is 16.7 Å². The van der Waals surface area contributed by atoms with E-state index in [1.807, 2.05) is 6.92 Å². The van der Waals surface area contributed by atoms with Crippen molar-refractivity contribution in [2.45, 2.75) is 50.9 Å². The Morgan fingerprint density at radius 2 is 2.18 bits per heavy atom. The number of oxime groups is 1. The zero-order chi connectivity index (χ0) is 24.1. The number of carbonyl (C=O) groups excluding carboxylic acids is 3. The van der Waals surface area contributed by atoms with Gasteiger partial charge in [0.2, 0.25) is 0 Å². The van der Waals surface area contributed by atoms with Gasteiger partial charge in [-0.3, -0.25) is 19.3 Å². The number of thioether (sulfide) groups is 1. The Hall–Kier alpha value is -1.63. The fraction of sp³-hybridized carbons (Fsp3) is 0.550. The molecule has 0 spiro atoms. The molecule has 0 bridgehead atoms. The summed E-state index contributed by atoms with van der Waals surface area (Å²) in [5.74, 6) is -0.800. The Labute approximate surface area is 209 Å². The number of β-lactam (4-membered cyclic amide) rings is 1. The second-order valence-corrected chi connectivity index (χ2v) is 10.8. The van der Waals surface area contributed by atoms with E-state index in [1.54, 1.807) is 6.92 Å². The molecule has 0 unspecified atom stereocenters. The number of alkyl halides is 1. The zero-order valence-electron chi connectivity index (χ0n) is 18.1. The molecule has 8 nitrogen and oxygen atoms in total. The van der Waals surface area contributed by atoms with Gasteiger partial charge in [-0.2, -0.15) is 0 Å². The minimum atomic E-state index is -0.868. The molecule has 13 heteroatoms. The van der Waals surface area contributed by atoms with Gasteiger partial charge in [-0.05, 0) is 13.3 Å². The van der Waals surface area contributed by atoms with Crippen LogP contribution in [0, 0.1) is 6.92 Å². The number of carbonyl (C=O) groups is 3. The molecule has 2 atom stereocenters. The fourth-order valence-corrected chi connectivity index (χ4v) is 6.18. The number of thiazole rings is 1. The van der Waals surface area contributed by atoms with Crippen LogP contribution < -0.4 is 5.32 Å². The van der Waals surface area contributed by atoms with Crippen LogP contribution >= 0.6 is 47.3 Å². The highest BCUT2D eigenvalue weighted by atomic mass is 35.5. The summed E-state index contributed by atoms with van der Waals surface area (Å²) in [5.41, 5.74) is 0.165. The lowest BCUT2D eigenvalue weighted by Crippen LogP contribution is -2.71. The summed E-state index contributed by atoms with van der Waals surface area (Å²) in [4.78, 5) is 49.7. The number of amides is 2. The summed E-state index contributed by atoms with van der Waals surface area (Å²) in [7, 11) is 0. The summed E-state index contributed by atoms with van der Waals surface area (Å²) in [6.45, 7) is 2.63. The van der Waals surface area contributed by atoms with Gasteiger partial charge in [0.25, 0.3) is 11.8 Å². The topological polar surface area (TPSA) is 101 Å². The van der Waals surface area contributed by atoms with Crippen molar-refractivity contribution >= 4 is 70.6 Å². The minimum Gasteiger partial charge on any atom is -0.392 e. The van der Waals surface area contributed by atoms with Crippen LogP contribution in [0.15, 0.2) is 15.8 Å².